The second kappa shape index (κ2) is 12.5. The largest absolute Gasteiger partial charge is 0.313 e. The standard InChI is InChI=1S/C23H40N2/c1-21(24-20-23-18-12-13-19-25(23)2)14-8-5-3-4-6-9-15-22-16-10-7-11-17-22/h7,10-11,16-17,21,23-24H,3-6,8-9,12-15,18-20H2,1-2H3. The molecule has 1 fully saturated rings. The highest BCUT2D eigenvalue weighted by molar-refractivity contribution is 5.14. The molecule has 0 aliphatic carbocycles. The number of piperidine rings is 1. The molecule has 1 heterocycles. The van der Waals surface area contributed by atoms with Gasteiger partial charge >= 0.3 is 0 Å². The van der Waals surface area contributed by atoms with Crippen LogP contribution in [0, 0.1) is 0 Å². The van der Waals surface area contributed by atoms with Gasteiger partial charge in [-0.05, 0) is 58.2 Å². The van der Waals surface area contributed by atoms with Gasteiger partial charge in [0.1, 0.15) is 0 Å². The Morgan fingerprint density at radius 1 is 1.00 bits per heavy atom. The minimum Gasteiger partial charge on any atom is -0.313 e. The molecule has 1 saturated heterocycles. The first-order valence-corrected chi connectivity index (χ1v) is 10.7. The van der Waals surface area contributed by atoms with Crippen LogP contribution in [0.15, 0.2) is 30.3 Å². The van der Waals surface area contributed by atoms with Crippen molar-refractivity contribution < 1.29 is 0 Å². The van der Waals surface area contributed by atoms with Gasteiger partial charge in [-0.25, -0.2) is 0 Å². The van der Waals surface area contributed by atoms with E-state index in [4.69, 9.17) is 0 Å². The summed E-state index contributed by atoms with van der Waals surface area (Å²) in [4.78, 5) is 2.54. The van der Waals surface area contributed by atoms with E-state index in [2.05, 4.69) is 54.5 Å². The van der Waals surface area contributed by atoms with E-state index in [1.807, 2.05) is 0 Å². The second-order valence-electron chi connectivity index (χ2n) is 8.09. The summed E-state index contributed by atoms with van der Waals surface area (Å²) in [5, 5.41) is 3.77. The third-order valence-electron chi connectivity index (χ3n) is 5.82. The molecule has 0 aromatic heterocycles. The van der Waals surface area contributed by atoms with E-state index in [9.17, 15) is 0 Å². The van der Waals surface area contributed by atoms with Crippen LogP contribution in [0.25, 0.3) is 0 Å². The van der Waals surface area contributed by atoms with Crippen molar-refractivity contribution in [3.63, 3.8) is 0 Å². The number of likely N-dealkylation sites (tertiary alicyclic amines) is 1. The van der Waals surface area contributed by atoms with Gasteiger partial charge in [-0.1, -0.05) is 68.9 Å². The molecule has 2 unspecified atom stereocenters. The summed E-state index contributed by atoms with van der Waals surface area (Å²) in [6.45, 7) is 4.82. The first-order chi connectivity index (χ1) is 12.3. The lowest BCUT2D eigenvalue weighted by Crippen LogP contribution is -2.45. The number of likely N-dealkylation sites (N-methyl/N-ethyl adjacent to an activating group) is 1. The molecule has 1 aromatic carbocycles. The van der Waals surface area contributed by atoms with Crippen molar-refractivity contribution in [1.29, 1.82) is 0 Å². The summed E-state index contributed by atoms with van der Waals surface area (Å²) in [7, 11) is 2.29. The number of benzene rings is 1. The number of unbranched alkanes of at least 4 members (excludes halogenated alkanes) is 5. The summed E-state index contributed by atoms with van der Waals surface area (Å²) in [5.74, 6) is 0. The Morgan fingerprint density at radius 2 is 1.72 bits per heavy atom. The maximum atomic E-state index is 3.77. The van der Waals surface area contributed by atoms with Gasteiger partial charge in [0.2, 0.25) is 0 Å². The summed E-state index contributed by atoms with van der Waals surface area (Å²) in [5.41, 5.74) is 1.49. The Bertz CT molecular complexity index is 431. The van der Waals surface area contributed by atoms with Crippen LogP contribution in [0.2, 0.25) is 0 Å². The number of hydrogen-bond donors (Lipinski definition) is 1. The van der Waals surface area contributed by atoms with Crippen LogP contribution in [-0.2, 0) is 6.42 Å². The Balaban J connectivity index is 1.39. The number of hydrogen-bond acceptors (Lipinski definition) is 2. The molecule has 0 bridgehead atoms. The van der Waals surface area contributed by atoms with E-state index in [0.717, 1.165) is 6.04 Å². The predicted octanol–water partition coefficient (Wildman–Crippen LogP) is 5.42. The van der Waals surface area contributed by atoms with Gasteiger partial charge in [0, 0.05) is 18.6 Å². The quantitative estimate of drug-likeness (QED) is 0.509. The highest BCUT2D eigenvalue weighted by Gasteiger charge is 2.18. The van der Waals surface area contributed by atoms with Crippen LogP contribution in [0.1, 0.15) is 76.7 Å². The molecular formula is C23H40N2. The minimum absolute atomic E-state index is 0.674. The van der Waals surface area contributed by atoms with Crippen molar-refractivity contribution in [2.24, 2.45) is 0 Å². The van der Waals surface area contributed by atoms with Gasteiger partial charge in [0.15, 0.2) is 0 Å². The molecule has 2 heteroatoms. The molecule has 0 spiro atoms. The third kappa shape index (κ3) is 8.87. The molecule has 142 valence electrons. The van der Waals surface area contributed by atoms with E-state index < -0.39 is 0 Å². The van der Waals surface area contributed by atoms with Crippen LogP contribution in [0.3, 0.4) is 0 Å². The SMILES string of the molecule is CC(CCCCCCCCc1ccccc1)NCC1CCCCN1C. The van der Waals surface area contributed by atoms with Gasteiger partial charge in [-0.15, -0.1) is 0 Å². The van der Waals surface area contributed by atoms with Crippen LogP contribution in [0.5, 0.6) is 0 Å². The summed E-state index contributed by atoms with van der Waals surface area (Å²) in [6, 6.07) is 12.3. The zero-order valence-electron chi connectivity index (χ0n) is 16.7. The fraction of sp³-hybridized carbons (Fsp3) is 0.739. The first kappa shape index (κ1) is 20.5. The highest BCUT2D eigenvalue weighted by Crippen LogP contribution is 2.15. The Kier molecular flexibility index (Phi) is 10.2. The number of aryl methyl sites for hydroxylation is 1. The average molecular weight is 345 g/mol. The molecule has 1 aromatic rings. The summed E-state index contributed by atoms with van der Waals surface area (Å²) >= 11 is 0. The monoisotopic (exact) mass is 344 g/mol. The van der Waals surface area contributed by atoms with Gasteiger partial charge in [0.25, 0.3) is 0 Å². The highest BCUT2D eigenvalue weighted by atomic mass is 15.2. The van der Waals surface area contributed by atoms with Gasteiger partial charge in [-0.2, -0.15) is 0 Å². The maximum Gasteiger partial charge on any atom is 0.0217 e. The lowest BCUT2D eigenvalue weighted by Gasteiger charge is -2.33. The molecular weight excluding hydrogens is 304 g/mol. The van der Waals surface area contributed by atoms with Crippen LogP contribution in [0.4, 0.5) is 0 Å². The van der Waals surface area contributed by atoms with E-state index >= 15 is 0 Å². The van der Waals surface area contributed by atoms with Crippen molar-refractivity contribution in [2.45, 2.75) is 89.6 Å². The van der Waals surface area contributed by atoms with E-state index in [0.29, 0.717) is 6.04 Å². The molecule has 1 N–H and O–H groups in total. The summed E-state index contributed by atoms with van der Waals surface area (Å²) < 4.78 is 0. The Labute approximate surface area is 156 Å². The maximum absolute atomic E-state index is 3.77. The van der Waals surface area contributed by atoms with Crippen LogP contribution in [-0.4, -0.2) is 37.1 Å². The van der Waals surface area contributed by atoms with Crippen molar-refractivity contribution >= 4 is 0 Å². The lowest BCUT2D eigenvalue weighted by molar-refractivity contribution is 0.177. The second-order valence-corrected chi connectivity index (χ2v) is 8.09. The van der Waals surface area contributed by atoms with Gasteiger partial charge in [0.05, 0.1) is 0 Å². The van der Waals surface area contributed by atoms with Gasteiger partial charge in [-0.3, -0.25) is 0 Å². The predicted molar refractivity (Wildman–Crippen MR) is 110 cm³/mol. The fourth-order valence-electron chi connectivity index (χ4n) is 3.97. The zero-order valence-corrected chi connectivity index (χ0v) is 16.7. The Morgan fingerprint density at radius 3 is 2.48 bits per heavy atom. The molecule has 1 aliphatic heterocycles. The molecule has 0 radical (unpaired) electrons. The van der Waals surface area contributed by atoms with E-state index in [-0.39, 0.29) is 0 Å². The normalized spacial score (nSPS) is 19.8. The van der Waals surface area contributed by atoms with Crippen LogP contribution >= 0.6 is 0 Å². The van der Waals surface area contributed by atoms with Gasteiger partial charge < -0.3 is 10.2 Å². The topological polar surface area (TPSA) is 15.3 Å². The molecule has 2 nitrogen and oxygen atoms in total. The zero-order chi connectivity index (χ0) is 17.7. The fourth-order valence-corrected chi connectivity index (χ4v) is 3.97. The molecule has 0 amide bonds. The molecule has 2 atom stereocenters. The molecule has 2 rings (SSSR count). The Hall–Kier alpha value is -0.860. The third-order valence-corrected chi connectivity index (χ3v) is 5.82. The van der Waals surface area contributed by atoms with Crippen molar-refractivity contribution in [3.05, 3.63) is 35.9 Å². The van der Waals surface area contributed by atoms with Crippen molar-refractivity contribution in [2.75, 3.05) is 20.1 Å². The van der Waals surface area contributed by atoms with Crippen molar-refractivity contribution in [3.8, 4) is 0 Å². The molecule has 25 heavy (non-hydrogen) atoms. The lowest BCUT2D eigenvalue weighted by atomic mass is 10.0. The van der Waals surface area contributed by atoms with Crippen molar-refractivity contribution in [1.82, 2.24) is 10.2 Å². The first-order valence-electron chi connectivity index (χ1n) is 10.7. The molecule has 1 aliphatic rings. The average Bonchev–Trinajstić information content (AvgIpc) is 2.64. The van der Waals surface area contributed by atoms with Crippen LogP contribution < -0.4 is 5.32 Å². The summed E-state index contributed by atoms with van der Waals surface area (Å²) in [6.07, 6.45) is 15.1. The number of rotatable bonds is 12. The minimum atomic E-state index is 0.674. The molecule has 0 saturated carbocycles. The van der Waals surface area contributed by atoms with E-state index in [1.165, 1.54) is 89.3 Å². The number of nitrogens with zero attached hydrogens (tertiary/aromatic N) is 1. The smallest absolute Gasteiger partial charge is 0.0217 e. The number of nitrogens with one attached hydrogen (secondary N) is 1. The van der Waals surface area contributed by atoms with E-state index in [1.54, 1.807) is 0 Å².